The van der Waals surface area contributed by atoms with Crippen LogP contribution in [0, 0.1) is 13.8 Å². The molecule has 5 nitrogen and oxygen atoms in total. The number of hydrogen-bond donors (Lipinski definition) is 2. The van der Waals surface area contributed by atoms with Gasteiger partial charge in [0.1, 0.15) is 5.75 Å². The molecule has 0 aliphatic carbocycles. The number of pyridine rings is 1. The average molecular weight is 375 g/mol. The number of aryl methyl sites for hydroxylation is 2. The van der Waals surface area contributed by atoms with Crippen molar-refractivity contribution in [2.24, 2.45) is 0 Å². The molecule has 0 fully saturated rings. The molecule has 0 bridgehead atoms. The van der Waals surface area contributed by atoms with Crippen LogP contribution in [-0.4, -0.2) is 24.5 Å². The second-order valence-corrected chi connectivity index (χ2v) is 6.71. The fourth-order valence-electron chi connectivity index (χ4n) is 3.00. The predicted molar refractivity (Wildman–Crippen MR) is 112 cm³/mol. The molecule has 5 heteroatoms. The number of hydrogen-bond acceptors (Lipinski definition) is 4. The minimum Gasteiger partial charge on any atom is -0.497 e. The summed E-state index contributed by atoms with van der Waals surface area (Å²) in [4.78, 5) is 16.7. The van der Waals surface area contributed by atoms with Gasteiger partial charge >= 0.3 is 0 Å². The summed E-state index contributed by atoms with van der Waals surface area (Å²) in [5.41, 5.74) is 5.81. The first kappa shape index (κ1) is 19.4. The molecule has 1 heterocycles. The van der Waals surface area contributed by atoms with E-state index in [2.05, 4.69) is 41.6 Å². The SMILES string of the molecule is COc1ccc(CCNC(=O)c2cncc(Nc3c(C)cccc3C)c2)cc1. The molecular weight excluding hydrogens is 350 g/mol. The molecule has 0 aliphatic heterocycles. The molecule has 0 unspecified atom stereocenters. The number of carbonyl (C=O) groups excluding carboxylic acids is 1. The van der Waals surface area contributed by atoms with Crippen LogP contribution >= 0.6 is 0 Å². The van der Waals surface area contributed by atoms with E-state index in [1.165, 1.54) is 0 Å². The van der Waals surface area contributed by atoms with Gasteiger partial charge < -0.3 is 15.4 Å². The van der Waals surface area contributed by atoms with Crippen molar-refractivity contribution >= 4 is 17.3 Å². The largest absolute Gasteiger partial charge is 0.497 e. The van der Waals surface area contributed by atoms with Crippen LogP contribution in [0.25, 0.3) is 0 Å². The molecule has 0 atom stereocenters. The molecule has 2 N–H and O–H groups in total. The van der Waals surface area contributed by atoms with E-state index in [0.717, 1.165) is 40.2 Å². The van der Waals surface area contributed by atoms with E-state index in [0.29, 0.717) is 12.1 Å². The van der Waals surface area contributed by atoms with Gasteiger partial charge in [0.15, 0.2) is 0 Å². The van der Waals surface area contributed by atoms with Gasteiger partial charge in [-0.1, -0.05) is 30.3 Å². The zero-order chi connectivity index (χ0) is 19.9. The standard InChI is InChI=1S/C23H25N3O2/c1-16-5-4-6-17(2)22(16)26-20-13-19(14-24-15-20)23(27)25-12-11-18-7-9-21(28-3)10-8-18/h4-10,13-15,26H,11-12H2,1-3H3,(H,25,27). The van der Waals surface area contributed by atoms with Crippen LogP contribution in [0.4, 0.5) is 11.4 Å². The number of ether oxygens (including phenoxy) is 1. The van der Waals surface area contributed by atoms with E-state index >= 15 is 0 Å². The van der Waals surface area contributed by atoms with Gasteiger partial charge in [-0.15, -0.1) is 0 Å². The number of amides is 1. The van der Waals surface area contributed by atoms with Gasteiger partial charge in [-0.25, -0.2) is 0 Å². The number of para-hydroxylation sites is 1. The summed E-state index contributed by atoms with van der Waals surface area (Å²) >= 11 is 0. The predicted octanol–water partition coefficient (Wildman–Crippen LogP) is 4.42. The Labute approximate surface area is 165 Å². The lowest BCUT2D eigenvalue weighted by Crippen LogP contribution is -2.25. The molecule has 28 heavy (non-hydrogen) atoms. The third-order valence-electron chi connectivity index (χ3n) is 4.61. The highest BCUT2D eigenvalue weighted by Gasteiger charge is 2.08. The van der Waals surface area contributed by atoms with Crippen molar-refractivity contribution in [1.29, 1.82) is 0 Å². The molecule has 0 spiro atoms. The monoisotopic (exact) mass is 375 g/mol. The Morgan fingerprint density at radius 2 is 1.75 bits per heavy atom. The van der Waals surface area contributed by atoms with Crippen molar-refractivity contribution in [2.75, 3.05) is 19.0 Å². The quantitative estimate of drug-likeness (QED) is 0.641. The fraction of sp³-hybridized carbons (Fsp3) is 0.217. The van der Waals surface area contributed by atoms with Gasteiger partial charge in [-0.05, 0) is 55.2 Å². The molecule has 0 radical (unpaired) electrons. The number of aromatic nitrogens is 1. The summed E-state index contributed by atoms with van der Waals surface area (Å²) in [5, 5.41) is 6.33. The highest BCUT2D eigenvalue weighted by Crippen LogP contribution is 2.24. The van der Waals surface area contributed by atoms with Crippen molar-refractivity contribution < 1.29 is 9.53 Å². The minimum absolute atomic E-state index is 0.133. The van der Waals surface area contributed by atoms with E-state index in [1.807, 2.05) is 36.4 Å². The van der Waals surface area contributed by atoms with Gasteiger partial charge in [0.05, 0.1) is 24.6 Å². The maximum absolute atomic E-state index is 12.5. The Hall–Kier alpha value is -3.34. The summed E-state index contributed by atoms with van der Waals surface area (Å²) < 4.78 is 5.16. The third-order valence-corrected chi connectivity index (χ3v) is 4.61. The van der Waals surface area contributed by atoms with E-state index < -0.39 is 0 Å². The zero-order valence-electron chi connectivity index (χ0n) is 16.5. The van der Waals surface area contributed by atoms with E-state index in [-0.39, 0.29) is 5.91 Å². The summed E-state index contributed by atoms with van der Waals surface area (Å²) in [5.74, 6) is 0.693. The van der Waals surface area contributed by atoms with Crippen molar-refractivity contribution in [1.82, 2.24) is 10.3 Å². The first-order valence-electron chi connectivity index (χ1n) is 9.26. The van der Waals surface area contributed by atoms with Crippen LogP contribution < -0.4 is 15.4 Å². The maximum Gasteiger partial charge on any atom is 0.252 e. The summed E-state index contributed by atoms with van der Waals surface area (Å²) in [6, 6.07) is 15.8. The van der Waals surface area contributed by atoms with Crippen molar-refractivity contribution in [3.05, 3.63) is 83.2 Å². The first-order valence-corrected chi connectivity index (χ1v) is 9.26. The third kappa shape index (κ3) is 4.88. The number of carbonyl (C=O) groups is 1. The number of rotatable bonds is 7. The zero-order valence-corrected chi connectivity index (χ0v) is 16.5. The van der Waals surface area contributed by atoms with Crippen LogP contribution in [0.5, 0.6) is 5.75 Å². The average Bonchev–Trinajstić information content (AvgIpc) is 2.71. The van der Waals surface area contributed by atoms with E-state index in [4.69, 9.17) is 4.74 Å². The summed E-state index contributed by atoms with van der Waals surface area (Å²) in [6.45, 7) is 4.66. The van der Waals surface area contributed by atoms with Gasteiger partial charge in [0, 0.05) is 18.4 Å². The maximum atomic E-state index is 12.5. The molecule has 2 aromatic carbocycles. The van der Waals surface area contributed by atoms with Crippen molar-refractivity contribution in [2.45, 2.75) is 20.3 Å². The Morgan fingerprint density at radius 3 is 2.43 bits per heavy atom. The number of methoxy groups -OCH3 is 1. The minimum atomic E-state index is -0.133. The number of nitrogens with zero attached hydrogens (tertiary/aromatic N) is 1. The Balaban J connectivity index is 1.60. The second-order valence-electron chi connectivity index (χ2n) is 6.71. The summed E-state index contributed by atoms with van der Waals surface area (Å²) in [7, 11) is 1.65. The molecule has 3 aromatic rings. The number of nitrogens with one attached hydrogen (secondary N) is 2. The number of benzene rings is 2. The molecule has 1 amide bonds. The van der Waals surface area contributed by atoms with Gasteiger partial charge in [0.2, 0.25) is 0 Å². The number of anilines is 2. The van der Waals surface area contributed by atoms with Gasteiger partial charge in [0.25, 0.3) is 5.91 Å². The molecule has 1 aromatic heterocycles. The topological polar surface area (TPSA) is 63.2 Å². The van der Waals surface area contributed by atoms with Gasteiger partial charge in [-0.2, -0.15) is 0 Å². The second kappa shape index (κ2) is 9.04. The molecule has 0 saturated heterocycles. The Kier molecular flexibility index (Phi) is 6.27. The lowest BCUT2D eigenvalue weighted by Gasteiger charge is -2.13. The Morgan fingerprint density at radius 1 is 1.04 bits per heavy atom. The Bertz CT molecular complexity index is 932. The molecule has 0 aliphatic rings. The van der Waals surface area contributed by atoms with Crippen LogP contribution in [0.3, 0.4) is 0 Å². The van der Waals surface area contributed by atoms with E-state index in [9.17, 15) is 4.79 Å². The molecule has 144 valence electrons. The molecular formula is C23H25N3O2. The molecule has 3 rings (SSSR count). The van der Waals surface area contributed by atoms with Crippen molar-refractivity contribution in [3.8, 4) is 5.75 Å². The summed E-state index contributed by atoms with van der Waals surface area (Å²) in [6.07, 6.45) is 4.06. The van der Waals surface area contributed by atoms with Crippen LogP contribution in [-0.2, 0) is 6.42 Å². The smallest absolute Gasteiger partial charge is 0.252 e. The highest BCUT2D eigenvalue weighted by atomic mass is 16.5. The lowest BCUT2D eigenvalue weighted by molar-refractivity contribution is 0.0954. The van der Waals surface area contributed by atoms with Gasteiger partial charge in [-0.3, -0.25) is 9.78 Å². The van der Waals surface area contributed by atoms with Crippen LogP contribution in [0.2, 0.25) is 0 Å². The fourth-order valence-corrected chi connectivity index (χ4v) is 3.00. The lowest BCUT2D eigenvalue weighted by atomic mass is 10.1. The van der Waals surface area contributed by atoms with E-state index in [1.54, 1.807) is 19.5 Å². The highest BCUT2D eigenvalue weighted by molar-refractivity contribution is 5.94. The van der Waals surface area contributed by atoms with Crippen LogP contribution in [0.15, 0.2) is 60.9 Å². The normalized spacial score (nSPS) is 10.4. The molecule has 0 saturated carbocycles. The van der Waals surface area contributed by atoms with Crippen LogP contribution in [0.1, 0.15) is 27.0 Å². The first-order chi connectivity index (χ1) is 13.6. The van der Waals surface area contributed by atoms with Crippen molar-refractivity contribution in [3.63, 3.8) is 0 Å².